The highest BCUT2D eigenvalue weighted by Crippen LogP contribution is 2.31. The van der Waals surface area contributed by atoms with E-state index in [1.54, 1.807) is 39.2 Å². The number of tetrazole rings is 1. The van der Waals surface area contributed by atoms with Gasteiger partial charge in [-0.2, -0.15) is 4.68 Å². The molecule has 0 saturated carbocycles. The van der Waals surface area contributed by atoms with E-state index in [1.807, 2.05) is 12.1 Å². The van der Waals surface area contributed by atoms with Crippen molar-refractivity contribution in [1.29, 1.82) is 0 Å². The fourth-order valence-corrected chi connectivity index (χ4v) is 3.03. The van der Waals surface area contributed by atoms with Crippen LogP contribution in [-0.4, -0.2) is 62.3 Å². The van der Waals surface area contributed by atoms with Crippen LogP contribution in [0, 0.1) is 12.3 Å². The summed E-state index contributed by atoms with van der Waals surface area (Å²) >= 11 is 0. The van der Waals surface area contributed by atoms with E-state index in [0.717, 1.165) is 5.56 Å². The number of ether oxygens (including phenoxy) is 1. The second-order valence-corrected chi connectivity index (χ2v) is 6.79. The minimum absolute atomic E-state index is 0.137. The Morgan fingerprint density at radius 1 is 1.37 bits per heavy atom. The molecule has 2 heterocycles. The number of amides is 1. The van der Waals surface area contributed by atoms with Crippen molar-refractivity contribution in [3.63, 3.8) is 0 Å². The minimum Gasteiger partial charge on any atom is -0.497 e. The number of hydrogen-bond donors (Lipinski definition) is 1. The lowest BCUT2D eigenvalue weighted by Gasteiger charge is -2.21. The van der Waals surface area contributed by atoms with Gasteiger partial charge >= 0.3 is 5.97 Å². The van der Waals surface area contributed by atoms with E-state index in [9.17, 15) is 14.7 Å². The zero-order valence-electron chi connectivity index (χ0n) is 15.4. The largest absolute Gasteiger partial charge is 0.497 e. The first-order valence-electron chi connectivity index (χ1n) is 8.48. The summed E-state index contributed by atoms with van der Waals surface area (Å²) in [7, 11) is 1.57. The maximum atomic E-state index is 13.2. The molecule has 0 bridgehead atoms. The van der Waals surface area contributed by atoms with Gasteiger partial charge in [0.2, 0.25) is 0 Å². The summed E-state index contributed by atoms with van der Waals surface area (Å²) in [5.74, 6) is -0.116. The Balaban J connectivity index is 1.98. The first kappa shape index (κ1) is 18.6. The van der Waals surface area contributed by atoms with Gasteiger partial charge < -0.3 is 14.7 Å². The van der Waals surface area contributed by atoms with Crippen molar-refractivity contribution in [1.82, 2.24) is 25.1 Å². The van der Waals surface area contributed by atoms with Gasteiger partial charge in [-0.05, 0) is 54.5 Å². The van der Waals surface area contributed by atoms with E-state index >= 15 is 0 Å². The van der Waals surface area contributed by atoms with E-state index in [1.165, 1.54) is 9.58 Å². The summed E-state index contributed by atoms with van der Waals surface area (Å²) in [6, 6.07) is 7.25. The van der Waals surface area contributed by atoms with Gasteiger partial charge in [0.05, 0.1) is 12.5 Å². The van der Waals surface area contributed by atoms with Crippen molar-refractivity contribution in [2.45, 2.75) is 20.3 Å². The first-order chi connectivity index (χ1) is 12.8. The summed E-state index contributed by atoms with van der Waals surface area (Å²) in [6.07, 6.45) is 2.07. The molecule has 1 aromatic heterocycles. The number of methoxy groups -OCH3 is 1. The van der Waals surface area contributed by atoms with Crippen LogP contribution in [0.1, 0.15) is 24.7 Å². The standard InChI is InChI=1S/C18H21N5O4/c1-12-19-20-21-23(12)15(10-13-5-4-6-14(9-13)27-3)16(24)22-8-7-18(2,11-22)17(25)26/h4-6,9-10H,7-8,11H2,1-3H3,(H,25,26). The number of carbonyl (C=O) groups excluding carboxylic acids is 1. The van der Waals surface area contributed by atoms with Gasteiger partial charge in [-0.3, -0.25) is 9.59 Å². The zero-order valence-corrected chi connectivity index (χ0v) is 15.4. The van der Waals surface area contributed by atoms with E-state index < -0.39 is 11.4 Å². The van der Waals surface area contributed by atoms with Crippen LogP contribution >= 0.6 is 0 Å². The molecule has 142 valence electrons. The summed E-state index contributed by atoms with van der Waals surface area (Å²) in [6.45, 7) is 3.84. The topological polar surface area (TPSA) is 110 Å². The highest BCUT2D eigenvalue weighted by atomic mass is 16.5. The summed E-state index contributed by atoms with van der Waals surface area (Å²) in [5.41, 5.74) is 0.0417. The number of likely N-dealkylation sites (tertiary alicyclic amines) is 1. The first-order valence-corrected chi connectivity index (χ1v) is 8.48. The second kappa shape index (κ2) is 7.18. The van der Waals surface area contributed by atoms with Gasteiger partial charge in [-0.25, -0.2) is 0 Å². The van der Waals surface area contributed by atoms with Gasteiger partial charge in [0, 0.05) is 13.1 Å². The molecule has 0 aliphatic carbocycles. The molecule has 1 unspecified atom stereocenters. The number of carbonyl (C=O) groups is 2. The second-order valence-electron chi connectivity index (χ2n) is 6.79. The predicted octanol–water partition coefficient (Wildman–Crippen LogP) is 1.31. The summed E-state index contributed by atoms with van der Waals surface area (Å²) in [5, 5.41) is 20.8. The molecule has 9 heteroatoms. The van der Waals surface area contributed by atoms with Crippen LogP contribution in [0.3, 0.4) is 0 Å². The quantitative estimate of drug-likeness (QED) is 0.789. The molecular formula is C18H21N5O4. The Kier molecular flexibility index (Phi) is 4.93. The molecule has 1 aliphatic heterocycles. The average molecular weight is 371 g/mol. The highest BCUT2D eigenvalue weighted by Gasteiger charge is 2.43. The van der Waals surface area contributed by atoms with Crippen LogP contribution in [-0.2, 0) is 9.59 Å². The Morgan fingerprint density at radius 3 is 2.74 bits per heavy atom. The highest BCUT2D eigenvalue weighted by molar-refractivity contribution is 6.18. The van der Waals surface area contributed by atoms with Crippen LogP contribution in [0.2, 0.25) is 0 Å². The van der Waals surface area contributed by atoms with Crippen LogP contribution < -0.4 is 4.74 Å². The molecule has 27 heavy (non-hydrogen) atoms. The lowest BCUT2D eigenvalue weighted by Crippen LogP contribution is -2.36. The number of carboxylic acids is 1. The molecule has 1 atom stereocenters. The number of nitrogens with zero attached hydrogens (tertiary/aromatic N) is 5. The number of carboxylic acid groups (broad SMARTS) is 1. The normalized spacial score (nSPS) is 20.0. The molecule has 1 saturated heterocycles. The fourth-order valence-electron chi connectivity index (χ4n) is 3.03. The van der Waals surface area contributed by atoms with Gasteiger partial charge in [-0.15, -0.1) is 5.10 Å². The Bertz CT molecular complexity index is 907. The molecule has 1 aromatic carbocycles. The monoisotopic (exact) mass is 371 g/mol. The van der Waals surface area contributed by atoms with Gasteiger partial charge in [0.25, 0.3) is 5.91 Å². The number of aromatic nitrogens is 4. The maximum absolute atomic E-state index is 13.2. The molecule has 0 radical (unpaired) electrons. The third-order valence-electron chi connectivity index (χ3n) is 4.75. The molecule has 1 aliphatic rings. The SMILES string of the molecule is COc1cccc(C=C(C(=O)N2CCC(C)(C(=O)O)C2)n2nnnc2C)c1. The number of hydrogen-bond acceptors (Lipinski definition) is 6. The van der Waals surface area contributed by atoms with Gasteiger partial charge in [-0.1, -0.05) is 12.1 Å². The van der Waals surface area contributed by atoms with E-state index in [4.69, 9.17) is 4.74 Å². The Hall–Kier alpha value is -3.23. The van der Waals surface area contributed by atoms with Gasteiger partial charge in [0.15, 0.2) is 5.82 Å². The van der Waals surface area contributed by atoms with E-state index in [-0.39, 0.29) is 18.1 Å². The molecule has 2 aromatic rings. The van der Waals surface area contributed by atoms with Crippen molar-refractivity contribution in [2.75, 3.05) is 20.2 Å². The van der Waals surface area contributed by atoms with Crippen LogP contribution in [0.15, 0.2) is 24.3 Å². The number of rotatable bonds is 5. The van der Waals surface area contributed by atoms with Crippen molar-refractivity contribution in [3.05, 3.63) is 35.7 Å². The summed E-state index contributed by atoms with van der Waals surface area (Å²) < 4.78 is 6.59. The van der Waals surface area contributed by atoms with Crippen molar-refractivity contribution >= 4 is 23.6 Å². The molecule has 1 fully saturated rings. The van der Waals surface area contributed by atoms with Gasteiger partial charge in [0.1, 0.15) is 11.4 Å². The zero-order chi connectivity index (χ0) is 19.6. The molecule has 9 nitrogen and oxygen atoms in total. The van der Waals surface area contributed by atoms with Crippen LogP contribution in [0.25, 0.3) is 11.8 Å². The predicted molar refractivity (Wildman–Crippen MR) is 96.7 cm³/mol. The minimum atomic E-state index is -0.952. The number of benzene rings is 1. The summed E-state index contributed by atoms with van der Waals surface area (Å²) in [4.78, 5) is 26.2. The number of aliphatic carboxylic acids is 1. The van der Waals surface area contributed by atoms with Crippen molar-refractivity contribution in [2.24, 2.45) is 5.41 Å². The van der Waals surface area contributed by atoms with Crippen molar-refractivity contribution in [3.8, 4) is 5.75 Å². The van der Waals surface area contributed by atoms with Crippen LogP contribution in [0.4, 0.5) is 0 Å². The molecular weight excluding hydrogens is 350 g/mol. The lowest BCUT2D eigenvalue weighted by molar-refractivity contribution is -0.147. The average Bonchev–Trinajstić information content (AvgIpc) is 3.26. The van der Waals surface area contributed by atoms with Crippen molar-refractivity contribution < 1.29 is 19.4 Å². The molecule has 3 rings (SSSR count). The fraction of sp³-hybridized carbons (Fsp3) is 0.389. The molecule has 1 amide bonds. The van der Waals surface area contributed by atoms with E-state index in [2.05, 4.69) is 15.5 Å². The smallest absolute Gasteiger partial charge is 0.311 e. The Labute approximate surface area is 156 Å². The third kappa shape index (κ3) is 3.67. The lowest BCUT2D eigenvalue weighted by atomic mass is 9.90. The Morgan fingerprint density at radius 2 is 2.15 bits per heavy atom. The molecule has 1 N–H and O–H groups in total. The number of aryl methyl sites for hydroxylation is 1. The maximum Gasteiger partial charge on any atom is 0.311 e. The van der Waals surface area contributed by atoms with E-state index in [0.29, 0.717) is 24.5 Å². The third-order valence-corrected chi connectivity index (χ3v) is 4.75. The van der Waals surface area contributed by atoms with Crippen LogP contribution in [0.5, 0.6) is 5.75 Å². The molecule has 0 spiro atoms.